The molecule has 0 aromatic heterocycles. The van der Waals surface area contributed by atoms with E-state index in [1.807, 2.05) is 6.92 Å². The molecule has 0 N–H and O–H groups in total. The summed E-state index contributed by atoms with van der Waals surface area (Å²) in [6.45, 7) is 21.3. The molecule has 2 aliphatic heterocycles. The fraction of sp³-hybridized carbons (Fsp3) is 0.952. The first-order chi connectivity index (χ1) is 12.4. The predicted molar refractivity (Wildman–Crippen MR) is 112 cm³/mol. The van der Waals surface area contributed by atoms with Gasteiger partial charge in [-0.2, -0.15) is 0 Å². The van der Waals surface area contributed by atoms with Gasteiger partial charge in [0, 0.05) is 58.4 Å². The molecule has 2 heterocycles. The van der Waals surface area contributed by atoms with Crippen molar-refractivity contribution in [2.45, 2.75) is 66.0 Å². The summed E-state index contributed by atoms with van der Waals surface area (Å²) < 4.78 is 0. The molecule has 5 nitrogen and oxygen atoms in total. The Morgan fingerprint density at radius 1 is 0.923 bits per heavy atom. The third-order valence-corrected chi connectivity index (χ3v) is 5.79. The number of amides is 1. The second-order valence-corrected chi connectivity index (χ2v) is 8.59. The lowest BCUT2D eigenvalue weighted by Crippen LogP contribution is -2.50. The van der Waals surface area contributed by atoms with Crippen LogP contribution in [0.2, 0.25) is 0 Å². The zero-order chi connectivity index (χ0) is 19.5. The Balaban J connectivity index is 0.000000412. The van der Waals surface area contributed by atoms with Gasteiger partial charge in [-0.25, -0.2) is 0 Å². The molecule has 0 spiro atoms. The van der Waals surface area contributed by atoms with Gasteiger partial charge in [0.15, 0.2) is 0 Å². The number of piperazine rings is 1. The van der Waals surface area contributed by atoms with E-state index in [0.29, 0.717) is 0 Å². The van der Waals surface area contributed by atoms with E-state index in [1.54, 1.807) is 11.9 Å². The fourth-order valence-corrected chi connectivity index (χ4v) is 3.88. The summed E-state index contributed by atoms with van der Waals surface area (Å²) in [6, 6.07) is 1.45. The SMILES string of the molecule is CC(C)N1CCC(CN2CCN(C(C)C)CC2)CC1.CCCN(C)C=O. The predicted octanol–water partition coefficient (Wildman–Crippen LogP) is 2.62. The number of hydrogen-bond acceptors (Lipinski definition) is 4. The lowest BCUT2D eigenvalue weighted by atomic mass is 9.95. The van der Waals surface area contributed by atoms with Crippen molar-refractivity contribution in [3.8, 4) is 0 Å². The highest BCUT2D eigenvalue weighted by atomic mass is 16.1. The Morgan fingerprint density at radius 3 is 1.81 bits per heavy atom. The summed E-state index contributed by atoms with van der Waals surface area (Å²) in [4.78, 5) is 19.4. The van der Waals surface area contributed by atoms with Crippen LogP contribution in [0.4, 0.5) is 0 Å². The highest BCUT2D eigenvalue weighted by Crippen LogP contribution is 2.20. The van der Waals surface area contributed by atoms with Crippen molar-refractivity contribution in [3.63, 3.8) is 0 Å². The van der Waals surface area contributed by atoms with Crippen molar-refractivity contribution in [3.05, 3.63) is 0 Å². The van der Waals surface area contributed by atoms with E-state index >= 15 is 0 Å². The molecular weight excluding hydrogens is 324 g/mol. The molecule has 2 aliphatic rings. The summed E-state index contributed by atoms with van der Waals surface area (Å²) in [6.07, 6.45) is 4.68. The summed E-state index contributed by atoms with van der Waals surface area (Å²) in [5.74, 6) is 0.945. The van der Waals surface area contributed by atoms with Crippen LogP contribution in [0.5, 0.6) is 0 Å². The van der Waals surface area contributed by atoms with E-state index < -0.39 is 0 Å². The molecule has 0 atom stereocenters. The molecule has 0 unspecified atom stereocenters. The third kappa shape index (κ3) is 8.83. The van der Waals surface area contributed by atoms with Crippen molar-refractivity contribution in [1.82, 2.24) is 19.6 Å². The number of piperidine rings is 1. The number of likely N-dealkylation sites (tertiary alicyclic amines) is 1. The van der Waals surface area contributed by atoms with Gasteiger partial charge in [0.2, 0.25) is 6.41 Å². The van der Waals surface area contributed by atoms with E-state index in [0.717, 1.165) is 37.4 Å². The minimum absolute atomic E-state index is 0.719. The van der Waals surface area contributed by atoms with Crippen LogP contribution in [-0.4, -0.2) is 97.5 Å². The summed E-state index contributed by atoms with van der Waals surface area (Å²) in [5, 5.41) is 0. The average Bonchev–Trinajstić information content (AvgIpc) is 2.63. The van der Waals surface area contributed by atoms with Crippen molar-refractivity contribution in [2.75, 3.05) is 59.4 Å². The maximum Gasteiger partial charge on any atom is 0.209 e. The first kappa shape index (κ1) is 23.4. The van der Waals surface area contributed by atoms with Gasteiger partial charge in [-0.15, -0.1) is 0 Å². The number of hydrogen-bond donors (Lipinski definition) is 0. The number of carbonyl (C=O) groups is 1. The van der Waals surface area contributed by atoms with Crippen LogP contribution < -0.4 is 0 Å². The van der Waals surface area contributed by atoms with Gasteiger partial charge >= 0.3 is 0 Å². The molecule has 2 saturated heterocycles. The van der Waals surface area contributed by atoms with Crippen molar-refractivity contribution in [1.29, 1.82) is 0 Å². The minimum atomic E-state index is 0.719. The van der Waals surface area contributed by atoms with Crippen LogP contribution in [0.15, 0.2) is 0 Å². The van der Waals surface area contributed by atoms with E-state index in [4.69, 9.17) is 0 Å². The highest BCUT2D eigenvalue weighted by molar-refractivity contribution is 5.46. The first-order valence-corrected chi connectivity index (χ1v) is 10.7. The molecule has 26 heavy (non-hydrogen) atoms. The monoisotopic (exact) mass is 368 g/mol. The number of carbonyl (C=O) groups excluding carboxylic acids is 1. The van der Waals surface area contributed by atoms with E-state index in [9.17, 15) is 4.79 Å². The van der Waals surface area contributed by atoms with Gasteiger partial charge in [-0.1, -0.05) is 6.92 Å². The zero-order valence-corrected chi connectivity index (χ0v) is 18.3. The highest BCUT2D eigenvalue weighted by Gasteiger charge is 2.25. The molecule has 0 aromatic carbocycles. The Bertz CT molecular complexity index is 333. The second-order valence-electron chi connectivity index (χ2n) is 8.59. The van der Waals surface area contributed by atoms with Gasteiger partial charge in [-0.05, 0) is 66.0 Å². The second kappa shape index (κ2) is 12.7. The molecule has 1 amide bonds. The molecule has 0 radical (unpaired) electrons. The fourth-order valence-electron chi connectivity index (χ4n) is 3.88. The minimum Gasteiger partial charge on any atom is -0.348 e. The standard InChI is InChI=1S/C16H33N3.C5H11NO/c1-14(2)18-7-5-16(6-8-18)13-17-9-11-19(12-10-17)15(3)4;1-3-4-6(2)5-7/h14-16H,5-13H2,1-4H3;5H,3-4H2,1-2H3. The largest absolute Gasteiger partial charge is 0.348 e. The topological polar surface area (TPSA) is 30.0 Å². The van der Waals surface area contributed by atoms with Crippen LogP contribution in [0.3, 0.4) is 0 Å². The van der Waals surface area contributed by atoms with Gasteiger partial charge in [-0.3, -0.25) is 9.69 Å². The zero-order valence-electron chi connectivity index (χ0n) is 18.3. The Morgan fingerprint density at radius 2 is 1.42 bits per heavy atom. The van der Waals surface area contributed by atoms with Crippen molar-refractivity contribution >= 4 is 6.41 Å². The van der Waals surface area contributed by atoms with E-state index in [-0.39, 0.29) is 0 Å². The first-order valence-electron chi connectivity index (χ1n) is 10.7. The van der Waals surface area contributed by atoms with Crippen LogP contribution >= 0.6 is 0 Å². The van der Waals surface area contributed by atoms with Gasteiger partial charge < -0.3 is 14.7 Å². The summed E-state index contributed by atoms with van der Waals surface area (Å²) >= 11 is 0. The van der Waals surface area contributed by atoms with Crippen LogP contribution in [0.1, 0.15) is 53.9 Å². The molecule has 154 valence electrons. The van der Waals surface area contributed by atoms with Gasteiger partial charge in [0.25, 0.3) is 0 Å². The van der Waals surface area contributed by atoms with E-state index in [1.165, 1.54) is 58.7 Å². The molecule has 0 bridgehead atoms. The normalized spacial score (nSPS) is 20.9. The van der Waals surface area contributed by atoms with Crippen molar-refractivity contribution < 1.29 is 4.79 Å². The van der Waals surface area contributed by atoms with Crippen molar-refractivity contribution in [2.24, 2.45) is 5.92 Å². The summed E-state index contributed by atoms with van der Waals surface area (Å²) in [7, 11) is 1.77. The molecular formula is C21H44N4O. The molecule has 2 rings (SSSR count). The molecule has 5 heteroatoms. The smallest absolute Gasteiger partial charge is 0.209 e. The molecule has 0 saturated carbocycles. The van der Waals surface area contributed by atoms with Gasteiger partial charge in [0.1, 0.15) is 0 Å². The maximum absolute atomic E-state index is 9.82. The number of rotatable bonds is 7. The third-order valence-electron chi connectivity index (χ3n) is 5.79. The molecule has 2 fully saturated rings. The Labute approximate surface area is 162 Å². The quantitative estimate of drug-likeness (QED) is 0.646. The van der Waals surface area contributed by atoms with Crippen LogP contribution in [-0.2, 0) is 4.79 Å². The lowest BCUT2D eigenvalue weighted by molar-refractivity contribution is -0.117. The Hall–Kier alpha value is -0.650. The molecule has 0 aromatic rings. The van der Waals surface area contributed by atoms with Crippen LogP contribution in [0, 0.1) is 5.92 Å². The van der Waals surface area contributed by atoms with Gasteiger partial charge in [0.05, 0.1) is 0 Å². The maximum atomic E-state index is 9.82. The Kier molecular flexibility index (Phi) is 11.4. The van der Waals surface area contributed by atoms with E-state index in [2.05, 4.69) is 42.4 Å². The average molecular weight is 369 g/mol. The van der Waals surface area contributed by atoms with Crippen LogP contribution in [0.25, 0.3) is 0 Å². The summed E-state index contributed by atoms with van der Waals surface area (Å²) in [5.41, 5.74) is 0. The lowest BCUT2D eigenvalue weighted by Gasteiger charge is -2.40. The molecule has 0 aliphatic carbocycles. The number of nitrogens with zero attached hydrogens (tertiary/aromatic N) is 4.